The Bertz CT molecular complexity index is 807. The summed E-state index contributed by atoms with van der Waals surface area (Å²) >= 11 is 1.62. The number of non-ortho nitro benzene ring substituents is 1. The molecule has 2 aromatic rings. The first-order chi connectivity index (χ1) is 12.0. The van der Waals surface area contributed by atoms with Gasteiger partial charge in [0, 0.05) is 43.7 Å². The van der Waals surface area contributed by atoms with Crippen LogP contribution in [0.2, 0.25) is 0 Å². The number of benzene rings is 1. The lowest BCUT2D eigenvalue weighted by atomic mass is 10.1. The Morgan fingerprint density at radius 1 is 1.28 bits per heavy atom. The molecule has 25 heavy (non-hydrogen) atoms. The van der Waals surface area contributed by atoms with E-state index < -0.39 is 10.8 Å². The van der Waals surface area contributed by atoms with Crippen molar-refractivity contribution in [2.24, 2.45) is 5.73 Å². The van der Waals surface area contributed by atoms with Gasteiger partial charge in [0.25, 0.3) is 11.6 Å². The fourth-order valence-corrected chi connectivity index (χ4v) is 3.80. The highest BCUT2D eigenvalue weighted by Crippen LogP contribution is 2.28. The number of nitrogens with two attached hydrogens (primary N) is 1. The third-order valence-electron chi connectivity index (χ3n) is 4.17. The lowest BCUT2D eigenvalue weighted by Gasteiger charge is -2.25. The van der Waals surface area contributed by atoms with E-state index >= 15 is 0 Å². The summed E-state index contributed by atoms with van der Waals surface area (Å²) in [6.45, 7) is 5.06. The van der Waals surface area contributed by atoms with Crippen molar-refractivity contribution in [3.63, 3.8) is 0 Å². The Morgan fingerprint density at radius 2 is 2.00 bits per heavy atom. The van der Waals surface area contributed by atoms with Crippen molar-refractivity contribution in [3.05, 3.63) is 45.0 Å². The maximum atomic E-state index is 11.8. The third-order valence-corrected chi connectivity index (χ3v) is 5.19. The van der Waals surface area contributed by atoms with Gasteiger partial charge in [0.1, 0.15) is 0 Å². The smallest absolute Gasteiger partial charge is 0.270 e. The van der Waals surface area contributed by atoms with E-state index in [0.717, 1.165) is 36.9 Å². The molecule has 3 rings (SSSR count). The Hall–Kier alpha value is -2.68. The third kappa shape index (κ3) is 3.71. The van der Waals surface area contributed by atoms with Crippen LogP contribution in [0.15, 0.2) is 23.6 Å². The van der Waals surface area contributed by atoms with Gasteiger partial charge in [-0.05, 0) is 19.4 Å². The maximum Gasteiger partial charge on any atom is 0.270 e. The van der Waals surface area contributed by atoms with Crippen molar-refractivity contribution < 1.29 is 9.72 Å². The molecule has 0 unspecified atom stereocenters. The van der Waals surface area contributed by atoms with Crippen LogP contribution in [0.1, 0.15) is 22.5 Å². The topological polar surface area (TPSA) is 106 Å². The van der Waals surface area contributed by atoms with E-state index in [9.17, 15) is 14.9 Å². The standard InChI is InChI=1S/C16H19N5O3S/c1-11-10-25-16(18-11)20-6-2-5-19(7-8-20)14-4-3-12(21(23)24)9-13(14)15(17)22/h3-4,9-10H,2,5-8H2,1H3,(H2,17,22). The molecule has 9 heteroatoms. The first kappa shape index (κ1) is 17.2. The van der Waals surface area contributed by atoms with Gasteiger partial charge in [-0.1, -0.05) is 0 Å². The number of nitro benzene ring substituents is 1. The van der Waals surface area contributed by atoms with Crippen LogP contribution in [0, 0.1) is 17.0 Å². The monoisotopic (exact) mass is 361 g/mol. The van der Waals surface area contributed by atoms with Crippen LogP contribution in [0.3, 0.4) is 0 Å². The molecule has 0 spiro atoms. The van der Waals surface area contributed by atoms with E-state index in [1.165, 1.54) is 12.1 Å². The first-order valence-corrected chi connectivity index (χ1v) is 8.84. The number of aryl methyl sites for hydroxylation is 1. The summed E-state index contributed by atoms with van der Waals surface area (Å²) < 4.78 is 0. The molecule has 1 aliphatic rings. The number of hydrogen-bond acceptors (Lipinski definition) is 7. The van der Waals surface area contributed by atoms with Gasteiger partial charge in [0.2, 0.25) is 0 Å². The highest BCUT2D eigenvalue weighted by atomic mass is 32.1. The number of carbonyl (C=O) groups is 1. The van der Waals surface area contributed by atoms with E-state index in [2.05, 4.69) is 14.8 Å². The van der Waals surface area contributed by atoms with Gasteiger partial charge in [-0.15, -0.1) is 11.3 Å². The van der Waals surface area contributed by atoms with Crippen molar-refractivity contribution >= 4 is 33.8 Å². The van der Waals surface area contributed by atoms with Crippen molar-refractivity contribution in [1.29, 1.82) is 0 Å². The molecule has 1 amide bonds. The fraction of sp³-hybridized carbons (Fsp3) is 0.375. The summed E-state index contributed by atoms with van der Waals surface area (Å²) in [7, 11) is 0. The summed E-state index contributed by atoms with van der Waals surface area (Å²) in [4.78, 5) is 31.0. The van der Waals surface area contributed by atoms with E-state index in [0.29, 0.717) is 12.2 Å². The fourth-order valence-electron chi connectivity index (χ4n) is 2.95. The lowest BCUT2D eigenvalue weighted by Crippen LogP contribution is -2.32. The van der Waals surface area contributed by atoms with Gasteiger partial charge in [0.15, 0.2) is 5.13 Å². The molecule has 2 N–H and O–H groups in total. The molecule has 0 radical (unpaired) electrons. The van der Waals surface area contributed by atoms with Gasteiger partial charge in [-0.25, -0.2) is 4.98 Å². The van der Waals surface area contributed by atoms with E-state index in [1.807, 2.05) is 12.3 Å². The first-order valence-electron chi connectivity index (χ1n) is 7.96. The second-order valence-corrected chi connectivity index (χ2v) is 6.76. The SMILES string of the molecule is Cc1csc(N2CCCN(c3ccc([N+](=O)[O-])cc3C(N)=O)CC2)n1. The number of primary amides is 1. The number of aromatic nitrogens is 1. The van der Waals surface area contributed by atoms with Crippen LogP contribution in [0.4, 0.5) is 16.5 Å². The van der Waals surface area contributed by atoms with Gasteiger partial charge in [-0.2, -0.15) is 0 Å². The Kier molecular flexibility index (Phi) is 4.84. The summed E-state index contributed by atoms with van der Waals surface area (Å²) in [6, 6.07) is 4.28. The van der Waals surface area contributed by atoms with Gasteiger partial charge >= 0.3 is 0 Å². The zero-order chi connectivity index (χ0) is 18.0. The number of rotatable bonds is 4. The predicted octanol–water partition coefficient (Wildman–Crippen LogP) is 2.18. The van der Waals surface area contributed by atoms with Crippen LogP contribution < -0.4 is 15.5 Å². The molecule has 0 saturated carbocycles. The van der Waals surface area contributed by atoms with Gasteiger partial charge in [-0.3, -0.25) is 14.9 Å². The van der Waals surface area contributed by atoms with Crippen LogP contribution in [-0.2, 0) is 0 Å². The number of nitrogens with zero attached hydrogens (tertiary/aromatic N) is 4. The number of thiazole rings is 1. The van der Waals surface area contributed by atoms with Crippen LogP contribution in [0.5, 0.6) is 0 Å². The van der Waals surface area contributed by atoms with Crippen molar-refractivity contribution in [3.8, 4) is 0 Å². The van der Waals surface area contributed by atoms with Crippen molar-refractivity contribution in [2.45, 2.75) is 13.3 Å². The van der Waals surface area contributed by atoms with Crippen LogP contribution in [-0.4, -0.2) is 42.0 Å². The molecule has 1 aromatic heterocycles. The quantitative estimate of drug-likeness (QED) is 0.661. The number of anilines is 2. The summed E-state index contributed by atoms with van der Waals surface area (Å²) in [5, 5.41) is 14.0. The highest BCUT2D eigenvalue weighted by molar-refractivity contribution is 7.13. The average molecular weight is 361 g/mol. The average Bonchev–Trinajstić information content (AvgIpc) is 2.87. The molecule has 132 valence electrons. The molecule has 0 bridgehead atoms. The molecular formula is C16H19N5O3S. The Labute approximate surface area is 149 Å². The lowest BCUT2D eigenvalue weighted by molar-refractivity contribution is -0.384. The molecule has 1 saturated heterocycles. The van der Waals surface area contributed by atoms with Crippen molar-refractivity contribution in [1.82, 2.24) is 4.98 Å². The molecule has 8 nitrogen and oxygen atoms in total. The second kappa shape index (κ2) is 7.06. The minimum absolute atomic E-state index is 0.132. The zero-order valence-electron chi connectivity index (χ0n) is 13.8. The van der Waals surface area contributed by atoms with Crippen LogP contribution in [0.25, 0.3) is 0 Å². The normalized spacial score (nSPS) is 15.1. The van der Waals surface area contributed by atoms with E-state index in [-0.39, 0.29) is 11.3 Å². The Morgan fingerprint density at radius 3 is 2.64 bits per heavy atom. The molecular weight excluding hydrogens is 342 g/mol. The minimum atomic E-state index is -0.657. The summed E-state index contributed by atoms with van der Waals surface area (Å²) in [6.07, 6.45) is 0.897. The van der Waals surface area contributed by atoms with Crippen LogP contribution >= 0.6 is 11.3 Å². The summed E-state index contributed by atoms with van der Waals surface area (Å²) in [5.74, 6) is -0.657. The molecule has 0 atom stereocenters. The number of carbonyl (C=O) groups excluding carboxylic acids is 1. The number of amides is 1. The minimum Gasteiger partial charge on any atom is -0.369 e. The van der Waals surface area contributed by atoms with Crippen molar-refractivity contribution in [2.75, 3.05) is 36.0 Å². The van der Waals surface area contributed by atoms with E-state index in [1.54, 1.807) is 17.4 Å². The molecule has 1 aromatic carbocycles. The van der Waals surface area contributed by atoms with Gasteiger partial charge in [0.05, 0.1) is 21.9 Å². The second-order valence-electron chi connectivity index (χ2n) is 5.92. The summed E-state index contributed by atoms with van der Waals surface area (Å²) in [5.41, 5.74) is 7.15. The number of nitro groups is 1. The zero-order valence-corrected chi connectivity index (χ0v) is 14.7. The molecule has 1 fully saturated rings. The molecule has 2 heterocycles. The predicted molar refractivity (Wildman–Crippen MR) is 97.5 cm³/mol. The van der Waals surface area contributed by atoms with Gasteiger partial charge < -0.3 is 15.5 Å². The highest BCUT2D eigenvalue weighted by Gasteiger charge is 2.22. The number of hydrogen-bond donors (Lipinski definition) is 1. The molecule has 0 aliphatic carbocycles. The maximum absolute atomic E-state index is 11.8. The largest absolute Gasteiger partial charge is 0.369 e. The van der Waals surface area contributed by atoms with E-state index in [4.69, 9.17) is 5.73 Å². The molecule has 1 aliphatic heterocycles. The Balaban J connectivity index is 1.82.